The molecule has 0 aliphatic carbocycles. The third kappa shape index (κ3) is 4.57. The van der Waals surface area contributed by atoms with Crippen molar-refractivity contribution in [2.75, 3.05) is 11.5 Å². The van der Waals surface area contributed by atoms with E-state index in [-0.39, 0.29) is 24.4 Å². The van der Waals surface area contributed by atoms with E-state index in [2.05, 4.69) is 5.16 Å². The molecule has 0 bridgehead atoms. The fraction of sp³-hybridized carbons (Fsp3) is 0.300. The first-order valence-electron chi connectivity index (χ1n) is 9.37. The minimum Gasteiger partial charge on any atom is -0.449 e. The quantitative estimate of drug-likeness (QED) is 0.410. The van der Waals surface area contributed by atoms with Gasteiger partial charge in [0.1, 0.15) is 5.82 Å². The standard InChI is InChI=1S/C20H16Cl2F5N3O3/c1-2-32-18(31)30(12-3-4-15(23)10(5-12)9-28)16-8-19(33-29-16,20(25,26)27)11-6-13(21)17(24)14(22)7-11/h3-7H,2,8-9,28H2,1H3. The molecule has 6 nitrogen and oxygen atoms in total. The predicted molar refractivity (Wildman–Crippen MR) is 111 cm³/mol. The normalized spacial score (nSPS) is 18.0. The van der Waals surface area contributed by atoms with Crippen molar-refractivity contribution in [1.82, 2.24) is 0 Å². The lowest BCUT2D eigenvalue weighted by molar-refractivity contribution is -0.275. The third-order valence-electron chi connectivity index (χ3n) is 4.84. The van der Waals surface area contributed by atoms with Gasteiger partial charge in [0.05, 0.1) is 28.8 Å². The van der Waals surface area contributed by atoms with Crippen LogP contribution in [0, 0.1) is 11.6 Å². The smallest absolute Gasteiger partial charge is 0.435 e. The molecule has 1 aliphatic heterocycles. The average Bonchev–Trinajstić information content (AvgIpc) is 3.19. The van der Waals surface area contributed by atoms with Crippen molar-refractivity contribution in [3.05, 3.63) is 63.1 Å². The lowest BCUT2D eigenvalue weighted by Gasteiger charge is -2.30. The van der Waals surface area contributed by atoms with E-state index in [1.807, 2.05) is 0 Å². The maximum Gasteiger partial charge on any atom is 0.435 e. The highest BCUT2D eigenvalue weighted by atomic mass is 35.5. The maximum atomic E-state index is 14.2. The number of hydrogen-bond donors (Lipinski definition) is 1. The van der Waals surface area contributed by atoms with Crippen LogP contribution in [-0.4, -0.2) is 24.7 Å². The van der Waals surface area contributed by atoms with Crippen LogP contribution in [-0.2, 0) is 21.7 Å². The van der Waals surface area contributed by atoms with Crippen LogP contribution >= 0.6 is 23.2 Å². The van der Waals surface area contributed by atoms with E-state index < -0.39 is 57.4 Å². The van der Waals surface area contributed by atoms with Crippen molar-refractivity contribution in [3.8, 4) is 0 Å². The minimum atomic E-state index is -5.09. The molecular formula is C20H16Cl2F5N3O3. The number of halogens is 7. The molecule has 1 heterocycles. The molecule has 1 unspecified atom stereocenters. The van der Waals surface area contributed by atoms with E-state index in [0.717, 1.165) is 12.1 Å². The number of carbonyl (C=O) groups is 1. The number of hydrogen-bond acceptors (Lipinski definition) is 5. The number of benzene rings is 2. The molecular weight excluding hydrogens is 496 g/mol. The first-order valence-corrected chi connectivity index (χ1v) is 10.1. The van der Waals surface area contributed by atoms with Crippen molar-refractivity contribution in [2.24, 2.45) is 10.9 Å². The van der Waals surface area contributed by atoms with Crippen LogP contribution in [0.4, 0.5) is 32.4 Å². The molecule has 0 spiro atoms. The highest BCUT2D eigenvalue weighted by Gasteiger charge is 2.63. The molecule has 13 heteroatoms. The number of amides is 1. The molecule has 1 atom stereocenters. The van der Waals surface area contributed by atoms with Gasteiger partial charge in [0.25, 0.3) is 5.60 Å². The Hall–Kier alpha value is -2.63. The van der Waals surface area contributed by atoms with E-state index in [1.165, 1.54) is 13.0 Å². The second-order valence-electron chi connectivity index (χ2n) is 6.87. The monoisotopic (exact) mass is 511 g/mol. The molecule has 0 saturated carbocycles. The van der Waals surface area contributed by atoms with Gasteiger partial charge in [-0.3, -0.25) is 0 Å². The molecule has 0 saturated heterocycles. The van der Waals surface area contributed by atoms with Crippen LogP contribution in [0.25, 0.3) is 0 Å². The Bertz CT molecular complexity index is 1090. The van der Waals surface area contributed by atoms with Gasteiger partial charge in [0.15, 0.2) is 11.7 Å². The molecule has 2 aromatic carbocycles. The Kier molecular flexibility index (Phi) is 7.06. The summed E-state index contributed by atoms with van der Waals surface area (Å²) in [4.78, 5) is 18.2. The van der Waals surface area contributed by atoms with Gasteiger partial charge in [0, 0.05) is 17.7 Å². The summed E-state index contributed by atoms with van der Waals surface area (Å²) in [6, 6.07) is 4.75. The molecule has 0 radical (unpaired) electrons. The van der Waals surface area contributed by atoms with Gasteiger partial charge in [-0.2, -0.15) is 13.2 Å². The second kappa shape index (κ2) is 9.32. The molecule has 2 N–H and O–H groups in total. The van der Waals surface area contributed by atoms with E-state index in [4.69, 9.17) is 38.5 Å². The molecule has 2 aromatic rings. The van der Waals surface area contributed by atoms with Crippen LogP contribution in [0.5, 0.6) is 0 Å². The van der Waals surface area contributed by atoms with Crippen LogP contribution < -0.4 is 10.6 Å². The lowest BCUT2D eigenvalue weighted by atomic mass is 9.89. The highest BCUT2D eigenvalue weighted by molar-refractivity contribution is 6.35. The minimum absolute atomic E-state index is 0.000460. The third-order valence-corrected chi connectivity index (χ3v) is 5.39. The summed E-state index contributed by atoms with van der Waals surface area (Å²) in [5, 5.41) is 2.17. The zero-order valence-electron chi connectivity index (χ0n) is 16.9. The fourth-order valence-corrected chi connectivity index (χ4v) is 3.69. The van der Waals surface area contributed by atoms with E-state index in [9.17, 15) is 26.7 Å². The van der Waals surface area contributed by atoms with Crippen molar-refractivity contribution < 1.29 is 36.3 Å². The van der Waals surface area contributed by atoms with E-state index in [0.29, 0.717) is 17.0 Å². The number of carbonyl (C=O) groups excluding carboxylic acids is 1. The summed E-state index contributed by atoms with van der Waals surface area (Å²) in [6.07, 6.45) is -7.19. The number of anilines is 1. The highest BCUT2D eigenvalue weighted by Crippen LogP contribution is 2.50. The van der Waals surface area contributed by atoms with Crippen molar-refractivity contribution in [3.63, 3.8) is 0 Å². The molecule has 1 amide bonds. The number of nitrogens with zero attached hydrogens (tertiary/aromatic N) is 2. The Morgan fingerprint density at radius 3 is 2.42 bits per heavy atom. The Labute approximate surface area is 194 Å². The van der Waals surface area contributed by atoms with Crippen molar-refractivity contribution in [2.45, 2.75) is 31.7 Å². The number of nitrogens with two attached hydrogens (primary N) is 1. The van der Waals surface area contributed by atoms with Crippen LogP contribution in [0.1, 0.15) is 24.5 Å². The van der Waals surface area contributed by atoms with Gasteiger partial charge < -0.3 is 15.3 Å². The topological polar surface area (TPSA) is 77.1 Å². The number of oxime groups is 1. The zero-order valence-corrected chi connectivity index (χ0v) is 18.4. The first-order chi connectivity index (χ1) is 15.4. The van der Waals surface area contributed by atoms with Gasteiger partial charge in [-0.25, -0.2) is 18.5 Å². The molecule has 0 fully saturated rings. The summed E-state index contributed by atoms with van der Waals surface area (Å²) in [5.41, 5.74) is 1.68. The zero-order chi connectivity index (χ0) is 24.6. The van der Waals surface area contributed by atoms with E-state index in [1.54, 1.807) is 0 Å². The number of rotatable bonds is 4. The van der Waals surface area contributed by atoms with Gasteiger partial charge in [-0.05, 0) is 37.3 Å². The van der Waals surface area contributed by atoms with Crippen molar-refractivity contribution >= 4 is 40.8 Å². The van der Waals surface area contributed by atoms with Crippen LogP contribution in [0.3, 0.4) is 0 Å². The SMILES string of the molecule is CCOC(=O)N(C1=NOC(c2cc(Cl)c(F)c(Cl)c2)(C(F)(F)F)C1)c1ccc(F)c(CN)c1. The number of alkyl halides is 3. The summed E-state index contributed by atoms with van der Waals surface area (Å²) in [6.45, 7) is 1.14. The lowest BCUT2D eigenvalue weighted by Crippen LogP contribution is -2.45. The Balaban J connectivity index is 2.10. The van der Waals surface area contributed by atoms with Gasteiger partial charge >= 0.3 is 12.3 Å². The summed E-state index contributed by atoms with van der Waals surface area (Å²) < 4.78 is 75.4. The van der Waals surface area contributed by atoms with Gasteiger partial charge in [-0.1, -0.05) is 28.4 Å². The summed E-state index contributed by atoms with van der Waals surface area (Å²) in [5.74, 6) is -2.28. The van der Waals surface area contributed by atoms with Crippen LogP contribution in [0.15, 0.2) is 35.5 Å². The van der Waals surface area contributed by atoms with E-state index >= 15 is 0 Å². The Morgan fingerprint density at radius 1 is 1.24 bits per heavy atom. The second-order valence-corrected chi connectivity index (χ2v) is 7.68. The molecule has 178 valence electrons. The largest absolute Gasteiger partial charge is 0.449 e. The van der Waals surface area contributed by atoms with Crippen molar-refractivity contribution in [1.29, 1.82) is 0 Å². The number of amidine groups is 1. The first kappa shape index (κ1) is 25.0. The number of ether oxygens (including phenoxy) is 1. The fourth-order valence-electron chi connectivity index (χ4n) is 3.20. The predicted octanol–water partition coefficient (Wildman–Crippen LogP) is 5.88. The summed E-state index contributed by atoms with van der Waals surface area (Å²) in [7, 11) is 0. The van der Waals surface area contributed by atoms with Crippen LogP contribution in [0.2, 0.25) is 10.0 Å². The summed E-state index contributed by atoms with van der Waals surface area (Å²) >= 11 is 11.4. The van der Waals surface area contributed by atoms with Gasteiger partial charge in [0.2, 0.25) is 0 Å². The molecule has 1 aliphatic rings. The molecule has 3 rings (SSSR count). The molecule has 33 heavy (non-hydrogen) atoms. The molecule has 0 aromatic heterocycles. The average molecular weight is 512 g/mol. The van der Waals surface area contributed by atoms with Gasteiger partial charge in [-0.15, -0.1) is 0 Å². The maximum absolute atomic E-state index is 14.2. The Morgan fingerprint density at radius 2 is 1.88 bits per heavy atom.